The van der Waals surface area contributed by atoms with Crippen molar-refractivity contribution in [3.63, 3.8) is 0 Å². The number of hydrogen-bond acceptors (Lipinski definition) is 3. The van der Waals surface area contributed by atoms with Gasteiger partial charge in [-0.1, -0.05) is 68.9 Å². The summed E-state index contributed by atoms with van der Waals surface area (Å²) in [6.45, 7) is 6.52. The summed E-state index contributed by atoms with van der Waals surface area (Å²) in [5, 5.41) is 11.8. The lowest BCUT2D eigenvalue weighted by Gasteiger charge is -2.18. The van der Waals surface area contributed by atoms with Crippen molar-refractivity contribution in [2.75, 3.05) is 0 Å². The van der Waals surface area contributed by atoms with Gasteiger partial charge < -0.3 is 0 Å². The fraction of sp³-hybridized carbons (Fsp3) is 0.250. The molecule has 0 aliphatic carbocycles. The van der Waals surface area contributed by atoms with E-state index in [0.29, 0.717) is 0 Å². The Bertz CT molecular complexity index is 784. The van der Waals surface area contributed by atoms with Gasteiger partial charge in [0.2, 0.25) is 4.73 Å². The molecule has 0 N–H and O–H groups in total. The van der Waals surface area contributed by atoms with Crippen molar-refractivity contribution >= 4 is 38.5 Å². The molecule has 0 bridgehead atoms. The van der Waals surface area contributed by atoms with E-state index in [1.54, 1.807) is 11.8 Å². The lowest BCUT2D eigenvalue weighted by atomic mass is 10.1. The molecule has 0 amide bonds. The van der Waals surface area contributed by atoms with Crippen LogP contribution in [-0.4, -0.2) is 19.5 Å². The Labute approximate surface area is 136 Å². The Balaban J connectivity index is 2.21. The molecule has 0 aliphatic heterocycles. The van der Waals surface area contributed by atoms with Crippen molar-refractivity contribution in [2.24, 2.45) is 0 Å². The molecule has 3 rings (SSSR count). The Morgan fingerprint density at radius 2 is 1.71 bits per heavy atom. The lowest BCUT2D eigenvalue weighted by Crippen LogP contribution is -2.09. The number of nitrogens with zero attached hydrogens (tertiary/aromatic N) is 3. The summed E-state index contributed by atoms with van der Waals surface area (Å²) < 4.78 is 2.87. The quantitative estimate of drug-likeness (QED) is 0.596. The van der Waals surface area contributed by atoms with Gasteiger partial charge in [0.15, 0.2) is 5.16 Å². The standard InChI is InChI=1S/C16H16BrN3S/c1-16(2,3)21-15-19-18-14(17)20(15)13-10-6-8-11-7-4-5-9-12(11)13/h4-10H,1-3H3. The summed E-state index contributed by atoms with van der Waals surface area (Å²) in [4.78, 5) is 0. The van der Waals surface area contributed by atoms with Crippen molar-refractivity contribution in [1.82, 2.24) is 14.8 Å². The van der Waals surface area contributed by atoms with Gasteiger partial charge in [0.05, 0.1) is 5.69 Å². The van der Waals surface area contributed by atoms with E-state index in [4.69, 9.17) is 0 Å². The number of aromatic nitrogens is 3. The number of benzene rings is 2. The van der Waals surface area contributed by atoms with Crippen LogP contribution in [0.2, 0.25) is 0 Å². The number of thioether (sulfide) groups is 1. The molecule has 3 aromatic rings. The molecule has 1 heterocycles. The highest BCUT2D eigenvalue weighted by Gasteiger charge is 2.20. The van der Waals surface area contributed by atoms with Gasteiger partial charge in [-0.05, 0) is 27.4 Å². The van der Waals surface area contributed by atoms with Gasteiger partial charge >= 0.3 is 0 Å². The topological polar surface area (TPSA) is 30.7 Å². The van der Waals surface area contributed by atoms with Crippen LogP contribution in [0.15, 0.2) is 52.4 Å². The van der Waals surface area contributed by atoms with E-state index in [0.717, 1.165) is 15.6 Å². The first-order valence-electron chi connectivity index (χ1n) is 6.74. The molecule has 0 aliphatic rings. The van der Waals surface area contributed by atoms with Crippen LogP contribution >= 0.6 is 27.7 Å². The van der Waals surface area contributed by atoms with Crippen LogP contribution in [0.25, 0.3) is 16.5 Å². The van der Waals surface area contributed by atoms with Crippen LogP contribution in [0.1, 0.15) is 20.8 Å². The monoisotopic (exact) mass is 361 g/mol. The number of hydrogen-bond donors (Lipinski definition) is 0. The van der Waals surface area contributed by atoms with Gasteiger partial charge in [-0.3, -0.25) is 4.57 Å². The van der Waals surface area contributed by atoms with E-state index in [2.05, 4.69) is 93.9 Å². The van der Waals surface area contributed by atoms with Crippen LogP contribution in [-0.2, 0) is 0 Å². The fourth-order valence-electron chi connectivity index (χ4n) is 2.20. The van der Waals surface area contributed by atoms with Crippen molar-refractivity contribution < 1.29 is 0 Å². The molecule has 0 atom stereocenters. The molecular formula is C16H16BrN3S. The highest BCUT2D eigenvalue weighted by atomic mass is 79.9. The lowest BCUT2D eigenvalue weighted by molar-refractivity contribution is 0.781. The van der Waals surface area contributed by atoms with Gasteiger partial charge in [0.25, 0.3) is 0 Å². The Morgan fingerprint density at radius 1 is 1.00 bits per heavy atom. The van der Waals surface area contributed by atoms with E-state index in [9.17, 15) is 0 Å². The Kier molecular flexibility index (Phi) is 3.80. The molecule has 3 nitrogen and oxygen atoms in total. The zero-order chi connectivity index (χ0) is 15.0. The first-order chi connectivity index (χ1) is 9.96. The predicted molar refractivity (Wildman–Crippen MR) is 92.2 cm³/mol. The van der Waals surface area contributed by atoms with E-state index >= 15 is 0 Å². The molecule has 2 aromatic carbocycles. The van der Waals surface area contributed by atoms with Gasteiger partial charge in [0, 0.05) is 10.1 Å². The molecule has 108 valence electrons. The Hall–Kier alpha value is -1.33. The average Bonchev–Trinajstić information content (AvgIpc) is 2.77. The molecule has 0 unspecified atom stereocenters. The molecule has 0 saturated carbocycles. The van der Waals surface area contributed by atoms with Crippen LogP contribution in [0.4, 0.5) is 0 Å². The maximum Gasteiger partial charge on any atom is 0.205 e. The highest BCUT2D eigenvalue weighted by molar-refractivity contribution is 9.10. The summed E-state index contributed by atoms with van der Waals surface area (Å²) in [5.74, 6) is 0. The first kappa shape index (κ1) is 14.6. The van der Waals surface area contributed by atoms with E-state index < -0.39 is 0 Å². The second-order valence-electron chi connectivity index (χ2n) is 5.80. The predicted octanol–water partition coefficient (Wildman–Crippen LogP) is 5.07. The van der Waals surface area contributed by atoms with Crippen LogP contribution in [0, 0.1) is 0 Å². The summed E-state index contributed by atoms with van der Waals surface area (Å²) in [5.41, 5.74) is 1.09. The highest BCUT2D eigenvalue weighted by Crippen LogP contribution is 2.35. The normalized spacial score (nSPS) is 12.0. The minimum atomic E-state index is 0.0782. The summed E-state index contributed by atoms with van der Waals surface area (Å²) in [6, 6.07) is 14.6. The second-order valence-corrected chi connectivity index (χ2v) is 8.30. The summed E-state index contributed by atoms with van der Waals surface area (Å²) in [6.07, 6.45) is 0. The zero-order valence-corrected chi connectivity index (χ0v) is 14.6. The minimum absolute atomic E-state index is 0.0782. The average molecular weight is 362 g/mol. The largest absolute Gasteiger partial charge is 0.264 e. The van der Waals surface area contributed by atoms with E-state index in [1.165, 1.54) is 10.8 Å². The second kappa shape index (κ2) is 5.46. The number of halogens is 1. The van der Waals surface area contributed by atoms with Crippen molar-refractivity contribution in [3.8, 4) is 5.69 Å². The fourth-order valence-corrected chi connectivity index (χ4v) is 3.66. The third-order valence-electron chi connectivity index (χ3n) is 3.00. The van der Waals surface area contributed by atoms with E-state index in [-0.39, 0.29) is 4.75 Å². The SMILES string of the molecule is CC(C)(C)Sc1nnc(Br)n1-c1cccc2ccccc12. The van der Waals surface area contributed by atoms with Crippen LogP contribution in [0.5, 0.6) is 0 Å². The van der Waals surface area contributed by atoms with E-state index in [1.807, 2.05) is 0 Å². The zero-order valence-electron chi connectivity index (χ0n) is 12.2. The first-order valence-corrected chi connectivity index (χ1v) is 8.35. The smallest absolute Gasteiger partial charge is 0.205 e. The molecule has 0 saturated heterocycles. The molecule has 5 heteroatoms. The van der Waals surface area contributed by atoms with Gasteiger partial charge in [-0.2, -0.15) is 0 Å². The molecule has 1 aromatic heterocycles. The Morgan fingerprint density at radius 3 is 2.48 bits per heavy atom. The molecule has 21 heavy (non-hydrogen) atoms. The molecule has 0 radical (unpaired) electrons. The summed E-state index contributed by atoms with van der Waals surface area (Å²) >= 11 is 5.23. The van der Waals surface area contributed by atoms with Gasteiger partial charge in [-0.25, -0.2) is 0 Å². The van der Waals surface area contributed by atoms with Crippen molar-refractivity contribution in [1.29, 1.82) is 0 Å². The minimum Gasteiger partial charge on any atom is -0.264 e. The third-order valence-corrected chi connectivity index (χ3v) is 4.57. The van der Waals surface area contributed by atoms with Gasteiger partial charge in [0.1, 0.15) is 0 Å². The van der Waals surface area contributed by atoms with Crippen LogP contribution < -0.4 is 0 Å². The van der Waals surface area contributed by atoms with Crippen LogP contribution in [0.3, 0.4) is 0 Å². The molecule has 0 spiro atoms. The summed E-state index contributed by atoms with van der Waals surface area (Å²) in [7, 11) is 0. The molecule has 0 fully saturated rings. The molecular weight excluding hydrogens is 346 g/mol. The van der Waals surface area contributed by atoms with Crippen molar-refractivity contribution in [3.05, 3.63) is 47.2 Å². The van der Waals surface area contributed by atoms with Gasteiger partial charge in [-0.15, -0.1) is 10.2 Å². The third kappa shape index (κ3) is 2.99. The number of fused-ring (bicyclic) bond motifs is 1. The van der Waals surface area contributed by atoms with Crippen molar-refractivity contribution in [2.45, 2.75) is 30.7 Å². The maximum atomic E-state index is 4.31. The maximum absolute atomic E-state index is 4.31. The number of rotatable bonds is 2.